The molecular formula is C9H10N4O. The molecule has 2 aromatic rings. The fraction of sp³-hybridized carbons (Fsp3) is 0.222. The van der Waals surface area contributed by atoms with Crippen molar-refractivity contribution in [3.8, 4) is 11.5 Å². The molecule has 0 aromatic carbocycles. The Morgan fingerprint density at radius 3 is 2.57 bits per heavy atom. The molecule has 0 saturated heterocycles. The van der Waals surface area contributed by atoms with Gasteiger partial charge in [-0.3, -0.25) is 4.98 Å². The Morgan fingerprint density at radius 2 is 2.00 bits per heavy atom. The van der Waals surface area contributed by atoms with Crippen LogP contribution in [-0.2, 0) is 0 Å². The van der Waals surface area contributed by atoms with Gasteiger partial charge in [0.2, 0.25) is 0 Å². The van der Waals surface area contributed by atoms with Gasteiger partial charge >= 0.3 is 6.01 Å². The first-order chi connectivity index (χ1) is 6.66. The van der Waals surface area contributed by atoms with Crippen molar-refractivity contribution in [1.29, 1.82) is 0 Å². The summed E-state index contributed by atoms with van der Waals surface area (Å²) in [5, 5.41) is 7.38. The third-order valence-electron chi connectivity index (χ3n) is 1.90. The summed E-state index contributed by atoms with van der Waals surface area (Å²) in [5.74, 6) is 0.410. The molecule has 72 valence electrons. The lowest BCUT2D eigenvalue weighted by atomic mass is 10.2. The minimum atomic E-state index is 0.0694. The molecule has 0 aliphatic heterocycles. The molecule has 14 heavy (non-hydrogen) atoms. The van der Waals surface area contributed by atoms with E-state index in [0.717, 1.165) is 17.0 Å². The lowest BCUT2D eigenvalue weighted by molar-refractivity contribution is 0.589. The van der Waals surface area contributed by atoms with Gasteiger partial charge in [0, 0.05) is 5.69 Å². The Balaban J connectivity index is 2.52. The second-order valence-corrected chi connectivity index (χ2v) is 3.03. The maximum absolute atomic E-state index is 5.34. The van der Waals surface area contributed by atoms with Crippen LogP contribution in [0.1, 0.15) is 11.4 Å². The summed E-state index contributed by atoms with van der Waals surface area (Å²) in [6, 6.07) is 3.85. The molecule has 0 radical (unpaired) electrons. The number of nitrogens with two attached hydrogens (primary N) is 1. The second kappa shape index (κ2) is 3.10. The van der Waals surface area contributed by atoms with Gasteiger partial charge in [-0.05, 0) is 26.0 Å². The van der Waals surface area contributed by atoms with Gasteiger partial charge in [0.05, 0.1) is 11.3 Å². The van der Waals surface area contributed by atoms with Crippen molar-refractivity contribution in [2.24, 2.45) is 0 Å². The molecule has 5 nitrogen and oxygen atoms in total. The van der Waals surface area contributed by atoms with Crippen molar-refractivity contribution in [3.05, 3.63) is 23.5 Å². The number of anilines is 1. The molecule has 2 N–H and O–H groups in total. The number of rotatable bonds is 1. The van der Waals surface area contributed by atoms with Crippen LogP contribution in [-0.4, -0.2) is 15.2 Å². The molecule has 0 aliphatic rings. The molecule has 2 heterocycles. The standard InChI is InChI=1S/C9H10N4O/c1-5-3-4-7(6(2)11-5)8-12-13-9(10)14-8/h3-4H,1-2H3,(H2,10,13). The van der Waals surface area contributed by atoms with E-state index in [0.29, 0.717) is 5.89 Å². The van der Waals surface area contributed by atoms with E-state index in [1.807, 2.05) is 26.0 Å². The Hall–Kier alpha value is -1.91. The third-order valence-corrected chi connectivity index (χ3v) is 1.90. The number of aromatic nitrogens is 3. The quantitative estimate of drug-likeness (QED) is 0.733. The maximum Gasteiger partial charge on any atom is 0.313 e. The Labute approximate surface area is 81.0 Å². The topological polar surface area (TPSA) is 77.8 Å². The van der Waals surface area contributed by atoms with E-state index in [4.69, 9.17) is 10.2 Å². The first-order valence-corrected chi connectivity index (χ1v) is 4.20. The summed E-state index contributed by atoms with van der Waals surface area (Å²) in [4.78, 5) is 4.29. The minimum Gasteiger partial charge on any atom is -0.403 e. The van der Waals surface area contributed by atoms with Gasteiger partial charge in [0.1, 0.15) is 0 Å². The number of hydrogen-bond donors (Lipinski definition) is 1. The first-order valence-electron chi connectivity index (χ1n) is 4.20. The zero-order valence-corrected chi connectivity index (χ0v) is 7.98. The summed E-state index contributed by atoms with van der Waals surface area (Å²) in [6.07, 6.45) is 0. The lowest BCUT2D eigenvalue weighted by Crippen LogP contribution is -1.90. The van der Waals surface area contributed by atoms with E-state index in [2.05, 4.69) is 15.2 Å². The highest BCUT2D eigenvalue weighted by molar-refractivity contribution is 5.56. The van der Waals surface area contributed by atoms with Crippen LogP contribution < -0.4 is 5.73 Å². The highest BCUT2D eigenvalue weighted by Gasteiger charge is 2.09. The second-order valence-electron chi connectivity index (χ2n) is 3.03. The molecule has 0 fully saturated rings. The summed E-state index contributed by atoms with van der Waals surface area (Å²) in [6.45, 7) is 3.82. The number of hydrogen-bond acceptors (Lipinski definition) is 5. The largest absolute Gasteiger partial charge is 0.403 e. The molecular weight excluding hydrogens is 180 g/mol. The first kappa shape index (κ1) is 8.68. The van der Waals surface area contributed by atoms with Gasteiger partial charge < -0.3 is 10.2 Å². The van der Waals surface area contributed by atoms with Crippen molar-refractivity contribution >= 4 is 6.01 Å². The van der Waals surface area contributed by atoms with Gasteiger partial charge in [-0.15, -0.1) is 5.10 Å². The van der Waals surface area contributed by atoms with Crippen LogP contribution >= 0.6 is 0 Å². The van der Waals surface area contributed by atoms with Crippen LogP contribution in [0.5, 0.6) is 0 Å². The van der Waals surface area contributed by atoms with Crippen LogP contribution in [0, 0.1) is 13.8 Å². The molecule has 2 aromatic heterocycles. The molecule has 0 amide bonds. The summed E-state index contributed by atoms with van der Waals surface area (Å²) < 4.78 is 5.11. The lowest BCUT2D eigenvalue weighted by Gasteiger charge is -2.00. The summed E-state index contributed by atoms with van der Waals surface area (Å²) in [5.41, 5.74) is 7.97. The number of nitrogens with zero attached hydrogens (tertiary/aromatic N) is 3. The zero-order valence-electron chi connectivity index (χ0n) is 7.98. The Bertz CT molecular complexity index is 464. The highest BCUT2D eigenvalue weighted by atomic mass is 16.4. The van der Waals surface area contributed by atoms with Gasteiger partial charge in [0.15, 0.2) is 0 Å². The van der Waals surface area contributed by atoms with E-state index in [1.54, 1.807) is 0 Å². The Morgan fingerprint density at radius 1 is 1.21 bits per heavy atom. The third kappa shape index (κ3) is 1.44. The van der Waals surface area contributed by atoms with E-state index >= 15 is 0 Å². The normalized spacial score (nSPS) is 10.4. The van der Waals surface area contributed by atoms with Gasteiger partial charge in [-0.2, -0.15) is 0 Å². The smallest absolute Gasteiger partial charge is 0.313 e. The number of nitrogen functional groups attached to an aromatic ring is 1. The van der Waals surface area contributed by atoms with Crippen molar-refractivity contribution in [3.63, 3.8) is 0 Å². The van der Waals surface area contributed by atoms with Gasteiger partial charge in [-0.25, -0.2) is 0 Å². The maximum atomic E-state index is 5.34. The Kier molecular flexibility index (Phi) is 1.92. The summed E-state index contributed by atoms with van der Waals surface area (Å²) >= 11 is 0. The van der Waals surface area contributed by atoms with Crippen LogP contribution in [0.4, 0.5) is 6.01 Å². The van der Waals surface area contributed by atoms with Crippen LogP contribution in [0.25, 0.3) is 11.5 Å². The average molecular weight is 190 g/mol. The molecule has 0 saturated carbocycles. The highest BCUT2D eigenvalue weighted by Crippen LogP contribution is 2.21. The molecule has 0 bridgehead atoms. The fourth-order valence-electron chi connectivity index (χ4n) is 1.26. The SMILES string of the molecule is Cc1ccc(-c2nnc(N)o2)c(C)n1. The van der Waals surface area contributed by atoms with Crippen molar-refractivity contribution in [2.75, 3.05) is 5.73 Å². The molecule has 0 aliphatic carbocycles. The average Bonchev–Trinajstić information content (AvgIpc) is 2.51. The fourth-order valence-corrected chi connectivity index (χ4v) is 1.26. The molecule has 0 unspecified atom stereocenters. The number of aryl methyl sites for hydroxylation is 2. The molecule has 0 spiro atoms. The van der Waals surface area contributed by atoms with E-state index in [1.165, 1.54) is 0 Å². The van der Waals surface area contributed by atoms with Gasteiger partial charge in [-0.1, -0.05) is 5.10 Å². The monoisotopic (exact) mass is 190 g/mol. The predicted octanol–water partition coefficient (Wildman–Crippen LogP) is 1.33. The van der Waals surface area contributed by atoms with Gasteiger partial charge in [0.25, 0.3) is 5.89 Å². The van der Waals surface area contributed by atoms with Crippen LogP contribution in [0.3, 0.4) is 0 Å². The molecule has 0 atom stereocenters. The molecule has 2 rings (SSSR count). The van der Waals surface area contributed by atoms with Crippen molar-refractivity contribution in [2.45, 2.75) is 13.8 Å². The van der Waals surface area contributed by atoms with Crippen molar-refractivity contribution in [1.82, 2.24) is 15.2 Å². The van der Waals surface area contributed by atoms with E-state index < -0.39 is 0 Å². The van der Waals surface area contributed by atoms with Crippen LogP contribution in [0.15, 0.2) is 16.5 Å². The van der Waals surface area contributed by atoms with Crippen LogP contribution in [0.2, 0.25) is 0 Å². The predicted molar refractivity (Wildman–Crippen MR) is 51.4 cm³/mol. The molecule has 5 heteroatoms. The summed E-state index contributed by atoms with van der Waals surface area (Å²) in [7, 11) is 0. The zero-order chi connectivity index (χ0) is 10.1. The van der Waals surface area contributed by atoms with E-state index in [-0.39, 0.29) is 6.01 Å². The van der Waals surface area contributed by atoms with E-state index in [9.17, 15) is 0 Å². The minimum absolute atomic E-state index is 0.0694. The van der Waals surface area contributed by atoms with Crippen molar-refractivity contribution < 1.29 is 4.42 Å². The number of pyridine rings is 1.